The highest BCUT2D eigenvalue weighted by molar-refractivity contribution is 5.98. The summed E-state index contributed by atoms with van der Waals surface area (Å²) in [6, 6.07) is 16.6. The van der Waals surface area contributed by atoms with Crippen LogP contribution in [0.25, 0.3) is 0 Å². The van der Waals surface area contributed by atoms with Crippen LogP contribution in [0.2, 0.25) is 0 Å². The molecule has 1 aromatic heterocycles. The first-order chi connectivity index (χ1) is 16.1. The lowest BCUT2D eigenvalue weighted by atomic mass is 9.84. The van der Waals surface area contributed by atoms with Crippen molar-refractivity contribution < 1.29 is 28.5 Å². The number of esters is 2. The molecule has 1 saturated heterocycles. The molecule has 0 spiro atoms. The molecule has 0 bridgehead atoms. The highest BCUT2D eigenvalue weighted by Gasteiger charge is 2.52. The van der Waals surface area contributed by atoms with E-state index < -0.39 is 29.6 Å². The van der Waals surface area contributed by atoms with Crippen LogP contribution in [-0.2, 0) is 25.6 Å². The summed E-state index contributed by atoms with van der Waals surface area (Å²) < 4.78 is 18.8. The number of hydrogen-bond acceptors (Lipinski definition) is 6. The Morgan fingerprint density at radius 3 is 2.18 bits per heavy atom. The van der Waals surface area contributed by atoms with Gasteiger partial charge in [-0.25, -0.2) is 9.30 Å². The van der Waals surface area contributed by atoms with Crippen LogP contribution in [0.4, 0.5) is 0 Å². The van der Waals surface area contributed by atoms with Gasteiger partial charge in [0, 0.05) is 27.7 Å². The molecule has 178 valence electrons. The number of carbonyl (C=O) groups is 2. The zero-order valence-corrected chi connectivity index (χ0v) is 19.9. The third-order valence-electron chi connectivity index (χ3n) is 6.19. The molecule has 34 heavy (non-hydrogen) atoms. The molecule has 3 aromatic rings. The summed E-state index contributed by atoms with van der Waals surface area (Å²) in [6.07, 6.45) is 0. The summed E-state index contributed by atoms with van der Waals surface area (Å²) >= 11 is 0. The van der Waals surface area contributed by atoms with Crippen LogP contribution < -0.4 is 9.47 Å². The van der Waals surface area contributed by atoms with Crippen LogP contribution in [0.5, 0.6) is 5.75 Å². The van der Waals surface area contributed by atoms with Crippen LogP contribution in [-0.4, -0.2) is 29.4 Å². The van der Waals surface area contributed by atoms with Gasteiger partial charge in [-0.1, -0.05) is 42.5 Å². The molecule has 0 radical (unpaired) electrons. The number of rotatable bonds is 6. The van der Waals surface area contributed by atoms with E-state index in [2.05, 4.69) is 0 Å². The minimum absolute atomic E-state index is 0.266. The summed E-state index contributed by atoms with van der Waals surface area (Å²) in [5.74, 6) is -4.24. The van der Waals surface area contributed by atoms with Gasteiger partial charge in [0.1, 0.15) is 29.6 Å². The van der Waals surface area contributed by atoms with Crippen molar-refractivity contribution >= 4 is 11.9 Å². The summed E-state index contributed by atoms with van der Waals surface area (Å²) in [5.41, 5.74) is 2.80. The zero-order valence-electron chi connectivity index (χ0n) is 19.9. The number of carbonyl (C=O) groups excluding carboxylic acids is 2. The first kappa shape index (κ1) is 23.4. The lowest BCUT2D eigenvalue weighted by Gasteiger charge is -2.35. The van der Waals surface area contributed by atoms with Crippen LogP contribution in [0, 0.1) is 25.0 Å². The second-order valence-corrected chi connectivity index (χ2v) is 8.87. The molecule has 1 atom stereocenters. The number of imidazole rings is 1. The van der Waals surface area contributed by atoms with E-state index in [1.165, 1.54) is 13.8 Å². The van der Waals surface area contributed by atoms with E-state index in [4.69, 9.17) is 14.2 Å². The molecular weight excluding hydrogens is 436 g/mol. The molecular formula is C26H28N2O6. The zero-order chi connectivity index (χ0) is 24.6. The third-order valence-corrected chi connectivity index (χ3v) is 6.19. The maximum atomic E-state index is 13.5. The van der Waals surface area contributed by atoms with Crippen molar-refractivity contribution in [2.75, 3.05) is 7.11 Å². The number of ether oxygens (including phenoxy) is 3. The number of methoxy groups -OCH3 is 1. The molecule has 0 N–H and O–H groups in total. The predicted octanol–water partition coefficient (Wildman–Crippen LogP) is 3.38. The average Bonchev–Trinajstić information content (AvgIpc) is 3.00. The smallest absolute Gasteiger partial charge is 0.324 e. The van der Waals surface area contributed by atoms with Crippen molar-refractivity contribution in [2.45, 2.75) is 45.9 Å². The first-order valence-electron chi connectivity index (χ1n) is 11.1. The van der Waals surface area contributed by atoms with Gasteiger partial charge >= 0.3 is 11.9 Å². The lowest BCUT2D eigenvalue weighted by Crippen LogP contribution is -2.50. The van der Waals surface area contributed by atoms with Gasteiger partial charge in [-0.15, -0.1) is 0 Å². The number of hydrogen-bond donors (Lipinski definition) is 0. The van der Waals surface area contributed by atoms with Gasteiger partial charge in [0.15, 0.2) is 5.92 Å². The molecule has 0 aliphatic carbocycles. The Morgan fingerprint density at radius 2 is 1.62 bits per heavy atom. The van der Waals surface area contributed by atoms with Crippen LogP contribution in [0.15, 0.2) is 54.6 Å². The molecule has 0 amide bonds. The van der Waals surface area contributed by atoms with E-state index >= 15 is 0 Å². The Balaban J connectivity index is 1.91. The number of nitrogens with zero attached hydrogens (tertiary/aromatic N) is 2. The third kappa shape index (κ3) is 4.23. The molecule has 0 saturated carbocycles. The van der Waals surface area contributed by atoms with E-state index in [-0.39, 0.29) is 5.82 Å². The molecule has 1 fully saturated rings. The SMILES string of the molecule is COc1ccc([C@@H](c2n(Cc3ccccc3)c(C)c(C)[n+]2[O-])C2C(=O)OC(C)(C)OC2=O)cc1. The summed E-state index contributed by atoms with van der Waals surface area (Å²) in [6.45, 7) is 6.97. The molecule has 2 heterocycles. The fraction of sp³-hybridized carbons (Fsp3) is 0.346. The minimum Gasteiger partial charge on any atom is -0.711 e. The molecule has 1 aliphatic rings. The monoisotopic (exact) mass is 464 g/mol. The normalized spacial score (nSPS) is 16.6. The quantitative estimate of drug-likeness (QED) is 0.240. The Kier molecular flexibility index (Phi) is 6.08. The maximum Gasteiger partial charge on any atom is 0.324 e. The molecule has 4 rings (SSSR count). The highest BCUT2D eigenvalue weighted by Crippen LogP contribution is 2.38. The summed E-state index contributed by atoms with van der Waals surface area (Å²) in [5, 5.41) is 13.5. The Bertz CT molecular complexity index is 1190. The molecule has 0 unspecified atom stereocenters. The predicted molar refractivity (Wildman–Crippen MR) is 123 cm³/mol. The average molecular weight is 465 g/mol. The molecule has 8 heteroatoms. The molecule has 1 aliphatic heterocycles. The van der Waals surface area contributed by atoms with Gasteiger partial charge in [0.25, 0.3) is 11.6 Å². The Hall–Kier alpha value is -3.81. The van der Waals surface area contributed by atoms with Crippen molar-refractivity contribution in [3.8, 4) is 5.75 Å². The van der Waals surface area contributed by atoms with E-state index in [0.717, 1.165) is 16.0 Å². The topological polar surface area (TPSA) is 93.7 Å². The standard InChI is InChI=1S/C26H28N2O6/c1-16-17(2)28(31)23(27(16)15-18-9-7-6-8-10-18)21(19-11-13-20(32-5)14-12-19)22-24(29)33-26(3,4)34-25(22)30/h6-14,21-22H,15H2,1-5H3/t21-/m1/s1. The van der Waals surface area contributed by atoms with Gasteiger partial charge in [-0.05, 0) is 23.3 Å². The van der Waals surface area contributed by atoms with Crippen molar-refractivity contribution in [1.29, 1.82) is 0 Å². The maximum absolute atomic E-state index is 13.5. The highest BCUT2D eigenvalue weighted by atomic mass is 16.7. The van der Waals surface area contributed by atoms with E-state index in [1.54, 1.807) is 38.3 Å². The minimum atomic E-state index is -1.37. The Labute approximate surface area is 198 Å². The summed E-state index contributed by atoms with van der Waals surface area (Å²) in [4.78, 5) is 26.3. The van der Waals surface area contributed by atoms with Gasteiger partial charge in [0.2, 0.25) is 0 Å². The summed E-state index contributed by atoms with van der Waals surface area (Å²) in [7, 11) is 1.55. The second-order valence-electron chi connectivity index (χ2n) is 8.87. The van der Waals surface area contributed by atoms with E-state index in [1.807, 2.05) is 41.8 Å². The largest absolute Gasteiger partial charge is 0.711 e. The fourth-order valence-electron chi connectivity index (χ4n) is 4.36. The van der Waals surface area contributed by atoms with Crippen molar-refractivity contribution in [2.24, 2.45) is 5.92 Å². The van der Waals surface area contributed by atoms with Crippen molar-refractivity contribution in [3.63, 3.8) is 0 Å². The van der Waals surface area contributed by atoms with Crippen LogP contribution >= 0.6 is 0 Å². The van der Waals surface area contributed by atoms with E-state index in [0.29, 0.717) is 23.6 Å². The first-order valence-corrected chi connectivity index (χ1v) is 11.1. The fourth-order valence-corrected chi connectivity index (χ4v) is 4.36. The van der Waals surface area contributed by atoms with Crippen LogP contribution in [0.1, 0.15) is 48.1 Å². The molecule has 8 nitrogen and oxygen atoms in total. The van der Waals surface area contributed by atoms with Gasteiger partial charge in [0.05, 0.1) is 7.11 Å². The number of aromatic nitrogens is 2. The van der Waals surface area contributed by atoms with Gasteiger partial charge in [-0.2, -0.15) is 0 Å². The number of cyclic esters (lactones) is 2. The van der Waals surface area contributed by atoms with Gasteiger partial charge in [-0.3, -0.25) is 9.59 Å². The van der Waals surface area contributed by atoms with Crippen molar-refractivity contribution in [1.82, 2.24) is 4.57 Å². The lowest BCUT2D eigenvalue weighted by molar-refractivity contribution is -0.621. The van der Waals surface area contributed by atoms with Gasteiger partial charge < -0.3 is 19.4 Å². The molecule has 2 aromatic carbocycles. The van der Waals surface area contributed by atoms with Crippen LogP contribution in [0.3, 0.4) is 0 Å². The Morgan fingerprint density at radius 1 is 1.03 bits per heavy atom. The number of benzene rings is 2. The second kappa shape index (κ2) is 8.85. The van der Waals surface area contributed by atoms with Crippen molar-refractivity contribution in [3.05, 3.63) is 88.1 Å². The van der Waals surface area contributed by atoms with E-state index in [9.17, 15) is 14.8 Å².